The van der Waals surface area contributed by atoms with Crippen LogP contribution in [0.5, 0.6) is 0 Å². The van der Waals surface area contributed by atoms with Gasteiger partial charge in [-0.15, -0.1) is 0 Å². The molecule has 6 heteroatoms. The van der Waals surface area contributed by atoms with Crippen molar-refractivity contribution in [3.8, 4) is 0 Å². The number of nitrogens with one attached hydrogen (secondary N) is 1. The summed E-state index contributed by atoms with van der Waals surface area (Å²) in [6.07, 6.45) is 91.5. The third-order valence-corrected chi connectivity index (χ3v) is 18.3. The van der Waals surface area contributed by atoms with Crippen LogP contribution in [0.1, 0.15) is 444 Å². The second-order valence-electron chi connectivity index (χ2n) is 26.7. The molecule has 1 amide bonds. The molecule has 2 unspecified atom stereocenters. The molecular weight excluding hydrogens is 1020 g/mol. The maximum atomic E-state index is 12.5. The van der Waals surface area contributed by atoms with Gasteiger partial charge < -0.3 is 20.3 Å². The number of carbonyl (C=O) groups is 2. The standard InChI is InChI=1S/C77H151NO5/c1-3-5-7-9-11-13-15-17-19-21-35-38-41-45-49-53-57-61-65-69-75(80)74(73-79)78-76(81)70-66-62-58-54-50-46-42-39-36-33-31-29-27-25-23-22-24-26-28-30-32-34-37-40-44-48-52-56-60-64-68-72-83-77(82)71-67-63-59-55-51-47-43-20-18-16-14-12-10-8-6-4-2/h20,43,74-75,79-80H,3-19,21-42,44-73H2,1-2H3,(H,78,81)/b43-20-. The molecule has 0 spiro atoms. The van der Waals surface area contributed by atoms with Crippen LogP contribution in [-0.4, -0.2) is 47.4 Å². The number of hydrogen-bond donors (Lipinski definition) is 3. The highest BCUT2D eigenvalue weighted by molar-refractivity contribution is 5.76. The van der Waals surface area contributed by atoms with Crippen molar-refractivity contribution >= 4 is 11.9 Å². The first-order valence-electron chi connectivity index (χ1n) is 38.4. The SMILES string of the molecule is CCCCCCCCC/C=C\CCCCCCCC(=O)OCCCCCCCCCCCCCCCCCCCCCCCCCCCCCCCCCC(=O)NC(CO)C(O)CCCCCCCCCCCCCCCCCCCCC. The van der Waals surface area contributed by atoms with Gasteiger partial charge in [-0.3, -0.25) is 9.59 Å². The Kier molecular flexibility index (Phi) is 71.8. The predicted molar refractivity (Wildman–Crippen MR) is 366 cm³/mol. The molecule has 0 fully saturated rings. The maximum absolute atomic E-state index is 12.5. The number of unbranched alkanes of at least 4 members (excludes halogenated alkanes) is 60. The van der Waals surface area contributed by atoms with Crippen molar-refractivity contribution in [1.82, 2.24) is 5.32 Å². The highest BCUT2D eigenvalue weighted by Gasteiger charge is 2.20. The average molecular weight is 1170 g/mol. The van der Waals surface area contributed by atoms with Gasteiger partial charge in [-0.1, -0.05) is 392 Å². The molecule has 0 bridgehead atoms. The van der Waals surface area contributed by atoms with E-state index in [-0.39, 0.29) is 18.5 Å². The van der Waals surface area contributed by atoms with Crippen LogP contribution in [0.3, 0.4) is 0 Å². The summed E-state index contributed by atoms with van der Waals surface area (Å²) >= 11 is 0. The van der Waals surface area contributed by atoms with Gasteiger partial charge in [0.25, 0.3) is 0 Å². The Hall–Kier alpha value is -1.40. The van der Waals surface area contributed by atoms with Gasteiger partial charge in [-0.05, 0) is 51.4 Å². The minimum atomic E-state index is -0.661. The maximum Gasteiger partial charge on any atom is 0.305 e. The van der Waals surface area contributed by atoms with Gasteiger partial charge in [-0.2, -0.15) is 0 Å². The first-order chi connectivity index (χ1) is 41.0. The summed E-state index contributed by atoms with van der Waals surface area (Å²) in [4.78, 5) is 24.6. The largest absolute Gasteiger partial charge is 0.466 e. The van der Waals surface area contributed by atoms with Crippen molar-refractivity contribution in [2.24, 2.45) is 0 Å². The van der Waals surface area contributed by atoms with Crippen molar-refractivity contribution in [1.29, 1.82) is 0 Å². The number of allylic oxidation sites excluding steroid dienone is 2. The van der Waals surface area contributed by atoms with E-state index in [2.05, 4.69) is 31.3 Å². The van der Waals surface area contributed by atoms with Crippen LogP contribution in [-0.2, 0) is 14.3 Å². The van der Waals surface area contributed by atoms with Crippen LogP contribution < -0.4 is 5.32 Å². The lowest BCUT2D eigenvalue weighted by Crippen LogP contribution is -2.45. The minimum absolute atomic E-state index is 0.0145. The lowest BCUT2D eigenvalue weighted by Gasteiger charge is -2.22. The molecule has 0 heterocycles. The van der Waals surface area contributed by atoms with E-state index in [0.29, 0.717) is 25.9 Å². The normalized spacial score (nSPS) is 12.5. The second-order valence-corrected chi connectivity index (χ2v) is 26.7. The number of esters is 1. The van der Waals surface area contributed by atoms with Gasteiger partial charge >= 0.3 is 5.97 Å². The lowest BCUT2D eigenvalue weighted by atomic mass is 10.0. The van der Waals surface area contributed by atoms with Crippen LogP contribution in [0.2, 0.25) is 0 Å². The van der Waals surface area contributed by atoms with Crippen molar-refractivity contribution in [2.45, 2.75) is 456 Å². The smallest absolute Gasteiger partial charge is 0.305 e. The van der Waals surface area contributed by atoms with Crippen LogP contribution in [0.4, 0.5) is 0 Å². The highest BCUT2D eigenvalue weighted by Crippen LogP contribution is 2.20. The van der Waals surface area contributed by atoms with E-state index in [0.717, 1.165) is 44.9 Å². The Bertz CT molecular complexity index is 1260. The zero-order chi connectivity index (χ0) is 59.9. The third kappa shape index (κ3) is 69.6. The number of amides is 1. The van der Waals surface area contributed by atoms with Gasteiger partial charge in [0.1, 0.15) is 0 Å². The molecule has 494 valence electrons. The van der Waals surface area contributed by atoms with Gasteiger partial charge in [-0.25, -0.2) is 0 Å². The number of rotatable bonds is 73. The summed E-state index contributed by atoms with van der Waals surface area (Å²) in [5.41, 5.74) is 0. The molecule has 0 aromatic heterocycles. The zero-order valence-corrected chi connectivity index (χ0v) is 56.7. The molecule has 0 aliphatic rings. The summed E-state index contributed by atoms with van der Waals surface area (Å²) in [5, 5.41) is 23.4. The van der Waals surface area contributed by atoms with Gasteiger partial charge in [0.2, 0.25) is 5.91 Å². The van der Waals surface area contributed by atoms with E-state index in [1.807, 2.05) is 0 Å². The van der Waals surface area contributed by atoms with Gasteiger partial charge in [0.05, 0.1) is 25.4 Å². The molecule has 83 heavy (non-hydrogen) atoms. The first kappa shape index (κ1) is 81.6. The van der Waals surface area contributed by atoms with E-state index in [1.54, 1.807) is 0 Å². The molecule has 0 aromatic rings. The van der Waals surface area contributed by atoms with Crippen molar-refractivity contribution in [2.75, 3.05) is 13.2 Å². The molecule has 0 saturated heterocycles. The fraction of sp³-hybridized carbons (Fsp3) is 0.948. The monoisotopic (exact) mass is 1170 g/mol. The number of carbonyl (C=O) groups excluding carboxylic acids is 2. The number of aliphatic hydroxyl groups is 2. The fourth-order valence-electron chi connectivity index (χ4n) is 12.5. The molecule has 0 saturated carbocycles. The molecule has 0 aliphatic heterocycles. The highest BCUT2D eigenvalue weighted by atomic mass is 16.5. The molecule has 3 N–H and O–H groups in total. The van der Waals surface area contributed by atoms with Crippen molar-refractivity contribution in [3.05, 3.63) is 12.2 Å². The van der Waals surface area contributed by atoms with Gasteiger partial charge in [0, 0.05) is 12.8 Å². The van der Waals surface area contributed by atoms with Crippen molar-refractivity contribution < 1.29 is 24.5 Å². The average Bonchev–Trinajstić information content (AvgIpc) is 3.48. The minimum Gasteiger partial charge on any atom is -0.466 e. The Labute approximate surface area is 520 Å². The van der Waals surface area contributed by atoms with Crippen LogP contribution in [0.15, 0.2) is 12.2 Å². The summed E-state index contributed by atoms with van der Waals surface area (Å²) in [6.45, 7) is 5.00. The predicted octanol–water partition coefficient (Wildman–Crippen LogP) is 25.1. The summed E-state index contributed by atoms with van der Waals surface area (Å²) in [5.74, 6) is -0.0113. The Morgan fingerprint density at radius 1 is 0.325 bits per heavy atom. The summed E-state index contributed by atoms with van der Waals surface area (Å²) < 4.78 is 5.50. The van der Waals surface area contributed by atoms with E-state index >= 15 is 0 Å². The molecule has 0 aromatic carbocycles. The van der Waals surface area contributed by atoms with E-state index in [9.17, 15) is 19.8 Å². The lowest BCUT2D eigenvalue weighted by molar-refractivity contribution is -0.143. The third-order valence-electron chi connectivity index (χ3n) is 18.3. The van der Waals surface area contributed by atoms with Gasteiger partial charge in [0.15, 0.2) is 0 Å². The zero-order valence-electron chi connectivity index (χ0n) is 56.7. The molecule has 0 rings (SSSR count). The van der Waals surface area contributed by atoms with Crippen molar-refractivity contribution in [3.63, 3.8) is 0 Å². The Balaban J connectivity index is 3.32. The Morgan fingerprint density at radius 2 is 0.566 bits per heavy atom. The van der Waals surface area contributed by atoms with E-state index in [4.69, 9.17) is 4.74 Å². The fourth-order valence-corrected chi connectivity index (χ4v) is 12.5. The number of hydrogen-bond acceptors (Lipinski definition) is 5. The Morgan fingerprint density at radius 3 is 0.855 bits per heavy atom. The molecule has 0 radical (unpaired) electrons. The first-order valence-corrected chi connectivity index (χ1v) is 38.4. The molecule has 6 nitrogen and oxygen atoms in total. The van der Waals surface area contributed by atoms with E-state index in [1.165, 1.54) is 366 Å². The summed E-state index contributed by atoms with van der Waals surface area (Å²) in [7, 11) is 0. The molecule has 0 aliphatic carbocycles. The summed E-state index contributed by atoms with van der Waals surface area (Å²) in [6, 6.07) is -0.538. The van der Waals surface area contributed by atoms with Crippen LogP contribution in [0, 0.1) is 0 Å². The van der Waals surface area contributed by atoms with Crippen LogP contribution in [0.25, 0.3) is 0 Å². The topological polar surface area (TPSA) is 95.9 Å². The number of aliphatic hydroxyl groups excluding tert-OH is 2. The van der Waals surface area contributed by atoms with E-state index < -0.39 is 12.1 Å². The quantitative estimate of drug-likeness (QED) is 0.0320. The molecular formula is C77H151NO5. The number of ether oxygens (including phenoxy) is 1. The second kappa shape index (κ2) is 73.1. The van der Waals surface area contributed by atoms with Crippen LogP contribution >= 0.6 is 0 Å². The molecule has 2 atom stereocenters.